The first-order valence-electron chi connectivity index (χ1n) is 10.3. The standard InChI is InChI=1S/C27H23NO2/c1-4-27(2,3)17-12-14-18(15-13-17)30-23-16-28-25-19-8-5-6-9-20(19)26(29)22-11-7-10-21(23)24(22)25/h5-16H,4H2,1-3H3. The Labute approximate surface area is 176 Å². The van der Waals surface area contributed by atoms with Crippen LogP contribution in [0.1, 0.15) is 48.7 Å². The summed E-state index contributed by atoms with van der Waals surface area (Å²) in [6.07, 6.45) is 2.83. The minimum atomic E-state index is 0.0359. The molecule has 3 aromatic carbocycles. The fraction of sp³-hybridized carbons (Fsp3) is 0.185. The summed E-state index contributed by atoms with van der Waals surface area (Å²) < 4.78 is 6.22. The average Bonchev–Trinajstić information content (AvgIpc) is 2.78. The lowest BCUT2D eigenvalue weighted by Crippen LogP contribution is -2.14. The molecule has 0 atom stereocenters. The van der Waals surface area contributed by atoms with Crippen molar-refractivity contribution in [2.45, 2.75) is 32.6 Å². The Morgan fingerprint density at radius 2 is 1.57 bits per heavy atom. The van der Waals surface area contributed by atoms with E-state index >= 15 is 0 Å². The number of ether oxygens (including phenoxy) is 1. The molecule has 148 valence electrons. The van der Waals surface area contributed by atoms with Gasteiger partial charge in [-0.1, -0.05) is 75.4 Å². The molecular weight excluding hydrogens is 370 g/mol. The zero-order valence-electron chi connectivity index (χ0n) is 17.4. The van der Waals surface area contributed by atoms with Crippen LogP contribution in [0.4, 0.5) is 0 Å². The molecule has 1 aliphatic rings. The van der Waals surface area contributed by atoms with E-state index in [2.05, 4.69) is 32.9 Å². The maximum absolute atomic E-state index is 13.1. The summed E-state index contributed by atoms with van der Waals surface area (Å²) in [6.45, 7) is 6.69. The molecule has 0 saturated heterocycles. The lowest BCUT2D eigenvalue weighted by Gasteiger charge is -2.23. The first kappa shape index (κ1) is 18.6. The van der Waals surface area contributed by atoms with Crippen molar-refractivity contribution in [3.05, 3.63) is 89.6 Å². The summed E-state index contributed by atoms with van der Waals surface area (Å²) in [5, 5.41) is 1.76. The highest BCUT2D eigenvalue weighted by atomic mass is 16.5. The number of hydrogen-bond donors (Lipinski definition) is 0. The van der Waals surface area contributed by atoms with E-state index in [9.17, 15) is 4.79 Å². The highest BCUT2D eigenvalue weighted by molar-refractivity contribution is 6.25. The van der Waals surface area contributed by atoms with E-state index in [1.807, 2.05) is 54.6 Å². The van der Waals surface area contributed by atoms with Crippen LogP contribution in [-0.4, -0.2) is 10.8 Å². The second-order valence-corrected chi connectivity index (χ2v) is 8.44. The van der Waals surface area contributed by atoms with Crippen molar-refractivity contribution in [1.29, 1.82) is 0 Å². The van der Waals surface area contributed by atoms with Gasteiger partial charge in [0.15, 0.2) is 11.5 Å². The van der Waals surface area contributed by atoms with Crippen LogP contribution in [0.5, 0.6) is 11.5 Å². The number of carbonyl (C=O) groups excluding carboxylic acids is 1. The average molecular weight is 393 g/mol. The van der Waals surface area contributed by atoms with Crippen LogP contribution in [0.2, 0.25) is 0 Å². The number of rotatable bonds is 4. The number of carbonyl (C=O) groups is 1. The van der Waals surface area contributed by atoms with Crippen LogP contribution < -0.4 is 4.74 Å². The minimum absolute atomic E-state index is 0.0359. The van der Waals surface area contributed by atoms with Gasteiger partial charge in [-0.15, -0.1) is 0 Å². The van der Waals surface area contributed by atoms with Gasteiger partial charge in [0.25, 0.3) is 0 Å². The van der Waals surface area contributed by atoms with Crippen molar-refractivity contribution >= 4 is 16.6 Å². The molecule has 0 radical (unpaired) electrons. The second kappa shape index (κ2) is 6.81. The van der Waals surface area contributed by atoms with Gasteiger partial charge in [0, 0.05) is 27.5 Å². The monoisotopic (exact) mass is 393 g/mol. The number of pyridine rings is 1. The topological polar surface area (TPSA) is 39.2 Å². The smallest absolute Gasteiger partial charge is 0.194 e. The van der Waals surface area contributed by atoms with Crippen molar-refractivity contribution < 1.29 is 9.53 Å². The lowest BCUT2D eigenvalue weighted by molar-refractivity contribution is 0.104. The molecule has 0 spiro atoms. The molecule has 3 heteroatoms. The molecule has 3 nitrogen and oxygen atoms in total. The molecule has 1 aliphatic carbocycles. The molecule has 0 saturated carbocycles. The van der Waals surface area contributed by atoms with Gasteiger partial charge in [0.1, 0.15) is 5.75 Å². The Morgan fingerprint density at radius 3 is 2.30 bits per heavy atom. The molecule has 1 aromatic heterocycles. The van der Waals surface area contributed by atoms with Crippen molar-refractivity contribution in [2.24, 2.45) is 0 Å². The van der Waals surface area contributed by atoms with E-state index in [-0.39, 0.29) is 11.2 Å². The SMILES string of the molecule is CCC(C)(C)c1ccc(Oc2cnc3c4c(cccc24)C(=O)c2ccccc2-3)cc1. The number of nitrogens with zero attached hydrogens (tertiary/aromatic N) is 1. The largest absolute Gasteiger partial charge is 0.455 e. The van der Waals surface area contributed by atoms with Crippen LogP contribution in [0.3, 0.4) is 0 Å². The quantitative estimate of drug-likeness (QED) is 0.332. The maximum Gasteiger partial charge on any atom is 0.194 e. The molecule has 1 heterocycles. The highest BCUT2D eigenvalue weighted by Gasteiger charge is 2.27. The Morgan fingerprint density at radius 1 is 0.867 bits per heavy atom. The van der Waals surface area contributed by atoms with Gasteiger partial charge >= 0.3 is 0 Å². The molecule has 0 unspecified atom stereocenters. The molecule has 5 rings (SSSR count). The highest BCUT2D eigenvalue weighted by Crippen LogP contribution is 2.42. The van der Waals surface area contributed by atoms with Crippen molar-refractivity contribution in [1.82, 2.24) is 4.98 Å². The van der Waals surface area contributed by atoms with E-state index in [4.69, 9.17) is 9.72 Å². The van der Waals surface area contributed by atoms with E-state index in [1.165, 1.54) is 5.56 Å². The van der Waals surface area contributed by atoms with Crippen LogP contribution in [0.15, 0.2) is 72.9 Å². The van der Waals surface area contributed by atoms with Gasteiger partial charge in [-0.25, -0.2) is 0 Å². The van der Waals surface area contributed by atoms with Gasteiger partial charge in [-0.05, 0) is 29.5 Å². The number of aromatic nitrogens is 1. The molecule has 0 amide bonds. The number of benzene rings is 3. The Hall–Kier alpha value is -3.46. The van der Waals surface area contributed by atoms with Gasteiger partial charge in [-0.3, -0.25) is 9.78 Å². The molecule has 0 N–H and O–H groups in total. The summed E-state index contributed by atoms with van der Waals surface area (Å²) in [7, 11) is 0. The fourth-order valence-electron chi connectivity index (χ4n) is 4.08. The van der Waals surface area contributed by atoms with Crippen LogP contribution in [0.25, 0.3) is 22.0 Å². The predicted molar refractivity (Wildman–Crippen MR) is 120 cm³/mol. The third kappa shape index (κ3) is 2.81. The molecular formula is C27H23NO2. The van der Waals surface area contributed by atoms with Crippen LogP contribution in [-0.2, 0) is 5.41 Å². The Balaban J connectivity index is 1.60. The van der Waals surface area contributed by atoms with Crippen molar-refractivity contribution in [3.63, 3.8) is 0 Å². The molecule has 4 aromatic rings. The lowest BCUT2D eigenvalue weighted by atomic mass is 9.82. The number of ketones is 1. The maximum atomic E-state index is 13.1. The Kier molecular flexibility index (Phi) is 4.21. The van der Waals surface area contributed by atoms with Gasteiger partial charge in [-0.2, -0.15) is 0 Å². The van der Waals surface area contributed by atoms with Crippen molar-refractivity contribution in [3.8, 4) is 22.8 Å². The van der Waals surface area contributed by atoms with Crippen molar-refractivity contribution in [2.75, 3.05) is 0 Å². The second-order valence-electron chi connectivity index (χ2n) is 8.44. The summed E-state index contributed by atoms with van der Waals surface area (Å²) in [5.41, 5.74) is 4.52. The third-order valence-corrected chi connectivity index (χ3v) is 6.30. The zero-order chi connectivity index (χ0) is 20.9. The first-order valence-corrected chi connectivity index (χ1v) is 10.3. The van der Waals surface area contributed by atoms with Gasteiger partial charge in [0.2, 0.25) is 0 Å². The zero-order valence-corrected chi connectivity index (χ0v) is 17.4. The van der Waals surface area contributed by atoms with E-state index in [1.54, 1.807) is 6.20 Å². The minimum Gasteiger partial charge on any atom is -0.455 e. The van der Waals surface area contributed by atoms with E-state index in [0.717, 1.165) is 34.2 Å². The third-order valence-electron chi connectivity index (χ3n) is 6.30. The molecule has 30 heavy (non-hydrogen) atoms. The molecule has 0 fully saturated rings. The summed E-state index contributed by atoms with van der Waals surface area (Å²) in [6, 6.07) is 21.7. The predicted octanol–water partition coefficient (Wildman–Crippen LogP) is 6.93. The number of fused-ring (bicyclic) bond motifs is 2. The van der Waals surface area contributed by atoms with E-state index in [0.29, 0.717) is 16.9 Å². The summed E-state index contributed by atoms with van der Waals surface area (Å²) in [4.78, 5) is 17.8. The number of hydrogen-bond acceptors (Lipinski definition) is 3. The summed E-state index contributed by atoms with van der Waals surface area (Å²) >= 11 is 0. The van der Waals surface area contributed by atoms with Crippen LogP contribution in [0, 0.1) is 0 Å². The van der Waals surface area contributed by atoms with Gasteiger partial charge < -0.3 is 4.74 Å². The van der Waals surface area contributed by atoms with Crippen LogP contribution >= 0.6 is 0 Å². The fourth-order valence-corrected chi connectivity index (χ4v) is 4.08. The summed E-state index contributed by atoms with van der Waals surface area (Å²) in [5.74, 6) is 1.45. The first-order chi connectivity index (χ1) is 14.5. The molecule has 0 bridgehead atoms. The van der Waals surface area contributed by atoms with Gasteiger partial charge in [0.05, 0.1) is 11.9 Å². The van der Waals surface area contributed by atoms with E-state index < -0.39 is 0 Å². The Bertz CT molecular complexity index is 1290. The molecule has 0 aliphatic heterocycles. The normalized spacial score (nSPS) is 12.7.